The van der Waals surface area contributed by atoms with Gasteiger partial charge in [-0.15, -0.1) is 0 Å². The van der Waals surface area contributed by atoms with Crippen molar-refractivity contribution in [3.63, 3.8) is 0 Å². The Labute approximate surface area is 153 Å². The first-order valence-electron chi connectivity index (χ1n) is 7.16. The van der Waals surface area contributed by atoms with E-state index in [0.717, 1.165) is 0 Å². The highest BCUT2D eigenvalue weighted by Crippen LogP contribution is 2.34. The highest BCUT2D eigenvalue weighted by molar-refractivity contribution is 6.35. The fourth-order valence-electron chi connectivity index (χ4n) is 2.18. The van der Waals surface area contributed by atoms with E-state index in [1.165, 1.54) is 18.2 Å². The number of H-pyrrole nitrogens is 1. The van der Waals surface area contributed by atoms with Gasteiger partial charge in [0.05, 0.1) is 12.7 Å². The van der Waals surface area contributed by atoms with Crippen molar-refractivity contribution in [2.75, 3.05) is 6.61 Å². The summed E-state index contributed by atoms with van der Waals surface area (Å²) < 4.78 is 34.5. The van der Waals surface area contributed by atoms with Gasteiger partial charge in [0.1, 0.15) is 10.0 Å². The largest absolute Gasteiger partial charge is 0.870 e. The van der Waals surface area contributed by atoms with Gasteiger partial charge in [-0.3, -0.25) is 0 Å². The van der Waals surface area contributed by atoms with Crippen molar-refractivity contribution in [3.05, 3.63) is 51.8 Å². The molecule has 0 spiro atoms. The molecule has 1 aromatic carbocycles. The molecule has 25 heavy (non-hydrogen) atoms. The molecule has 138 valence electrons. The van der Waals surface area contributed by atoms with Crippen LogP contribution in [-0.4, -0.2) is 23.8 Å². The van der Waals surface area contributed by atoms with E-state index in [1.807, 2.05) is 0 Å². The summed E-state index contributed by atoms with van der Waals surface area (Å²) in [6, 6.07) is 4.28. The Bertz CT molecular complexity index is 684. The molecule has 1 atom stereocenters. The summed E-state index contributed by atoms with van der Waals surface area (Å²) in [6.45, 7) is -0.973. The van der Waals surface area contributed by atoms with Gasteiger partial charge in [0.15, 0.2) is 23.9 Å². The van der Waals surface area contributed by atoms with Crippen molar-refractivity contribution in [1.82, 2.24) is 0 Å². The molecule has 3 N–H and O–H groups in total. The molecule has 0 unspecified atom stereocenters. The molecule has 0 radical (unpaired) electrons. The fourth-order valence-corrected chi connectivity index (χ4v) is 2.71. The molecule has 1 heterocycles. The molecule has 0 aliphatic rings. The highest BCUT2D eigenvalue weighted by Gasteiger charge is 2.18. The van der Waals surface area contributed by atoms with Gasteiger partial charge in [-0.1, -0.05) is 29.3 Å². The van der Waals surface area contributed by atoms with Gasteiger partial charge in [0, 0.05) is 12.0 Å². The quantitative estimate of drug-likeness (QED) is 0.770. The van der Waals surface area contributed by atoms with E-state index in [4.69, 9.17) is 27.9 Å². The summed E-state index contributed by atoms with van der Waals surface area (Å²) in [5.41, 5.74) is 1.05. The van der Waals surface area contributed by atoms with Crippen LogP contribution in [0.4, 0.5) is 8.78 Å². The average Bonchev–Trinajstić information content (AvgIpc) is 2.52. The van der Waals surface area contributed by atoms with Crippen molar-refractivity contribution in [2.45, 2.75) is 26.1 Å². The lowest BCUT2D eigenvalue weighted by Crippen LogP contribution is -2.09. The number of benzene rings is 1. The molecule has 2 aromatic rings. The number of halogens is 4. The average molecular weight is 396 g/mol. The van der Waals surface area contributed by atoms with Gasteiger partial charge >= 0.3 is 6.61 Å². The van der Waals surface area contributed by atoms with E-state index < -0.39 is 12.7 Å². The molecule has 5 nitrogen and oxygen atoms in total. The first-order valence-corrected chi connectivity index (χ1v) is 7.91. The Balaban J connectivity index is 0.00000312. The second-order valence-electron chi connectivity index (χ2n) is 4.87. The maximum atomic E-state index is 12.4. The third-order valence-electron chi connectivity index (χ3n) is 3.26. The van der Waals surface area contributed by atoms with Crippen molar-refractivity contribution in [2.24, 2.45) is 0 Å². The third kappa shape index (κ3) is 5.67. The normalized spacial score (nSPS) is 11.8. The molecule has 2 rings (SSSR count). The number of pyridine rings is 1. The zero-order valence-electron chi connectivity index (χ0n) is 13.2. The zero-order valence-corrected chi connectivity index (χ0v) is 14.7. The summed E-state index contributed by atoms with van der Waals surface area (Å²) in [7, 11) is 0. The van der Waals surface area contributed by atoms with Crippen LogP contribution in [0, 0.1) is 0 Å². The minimum Gasteiger partial charge on any atom is -0.870 e. The topological polar surface area (TPSA) is 82.8 Å². The molecule has 0 aliphatic carbocycles. The van der Waals surface area contributed by atoms with Gasteiger partial charge in [-0.2, -0.15) is 8.78 Å². The molecule has 9 heteroatoms. The van der Waals surface area contributed by atoms with Crippen LogP contribution < -0.4 is 14.5 Å². The van der Waals surface area contributed by atoms with E-state index in [2.05, 4.69) is 9.72 Å². The second kappa shape index (κ2) is 9.72. The lowest BCUT2D eigenvalue weighted by molar-refractivity contribution is -0.377. The molecular weight excluding hydrogens is 379 g/mol. The van der Waals surface area contributed by atoms with Crippen molar-refractivity contribution in [3.8, 4) is 11.5 Å². The smallest absolute Gasteiger partial charge is 0.387 e. The fraction of sp³-hybridized carbons (Fsp3) is 0.312. The predicted octanol–water partition coefficient (Wildman–Crippen LogP) is 3.91. The maximum Gasteiger partial charge on any atom is 0.387 e. The predicted molar refractivity (Wildman–Crippen MR) is 87.9 cm³/mol. The van der Waals surface area contributed by atoms with Crippen LogP contribution >= 0.6 is 23.2 Å². The molecule has 0 bridgehead atoms. The molecular formula is C16H17Cl2F2NO4. The Kier molecular flexibility index (Phi) is 8.31. The molecule has 0 fully saturated rings. The Morgan fingerprint density at radius 2 is 1.80 bits per heavy atom. The lowest BCUT2D eigenvalue weighted by Gasteiger charge is -2.16. The van der Waals surface area contributed by atoms with Gasteiger partial charge in [-0.25, -0.2) is 4.98 Å². The summed E-state index contributed by atoms with van der Waals surface area (Å²) in [5, 5.41) is 11.2. The number of alkyl halides is 2. The van der Waals surface area contributed by atoms with E-state index in [-0.39, 0.29) is 30.0 Å². The number of rotatable bonds is 7. The molecule has 1 aromatic heterocycles. The Hall–Kier alpha value is -1.67. The van der Waals surface area contributed by atoms with Crippen LogP contribution in [0.15, 0.2) is 30.6 Å². The number of aromatic nitrogens is 1. The Morgan fingerprint density at radius 3 is 2.36 bits per heavy atom. The minimum absolute atomic E-state index is 0. The van der Waals surface area contributed by atoms with Crippen LogP contribution in [0.3, 0.4) is 0 Å². The third-order valence-corrected chi connectivity index (χ3v) is 3.94. The number of aliphatic hydroxyl groups excluding tert-OH is 1. The number of hydrogen-bond acceptors (Lipinski definition) is 4. The van der Waals surface area contributed by atoms with Crippen molar-refractivity contribution in [1.29, 1.82) is 0 Å². The van der Waals surface area contributed by atoms with E-state index in [1.54, 1.807) is 19.3 Å². The van der Waals surface area contributed by atoms with E-state index in [0.29, 0.717) is 21.2 Å². The summed E-state index contributed by atoms with van der Waals surface area (Å²) in [5.74, 6) is 0.0427. The van der Waals surface area contributed by atoms with Gasteiger partial charge in [0.2, 0.25) is 0 Å². The molecule has 0 aliphatic heterocycles. The van der Waals surface area contributed by atoms with E-state index in [9.17, 15) is 13.9 Å². The van der Waals surface area contributed by atoms with Crippen LogP contribution in [0.25, 0.3) is 0 Å². The number of aromatic amines is 1. The van der Waals surface area contributed by atoms with Crippen LogP contribution in [0.2, 0.25) is 10.0 Å². The second-order valence-corrected chi connectivity index (χ2v) is 5.68. The zero-order chi connectivity index (χ0) is 17.7. The van der Waals surface area contributed by atoms with Crippen LogP contribution in [0.1, 0.15) is 24.2 Å². The molecule has 0 saturated heterocycles. The minimum atomic E-state index is -2.96. The van der Waals surface area contributed by atoms with Gasteiger partial charge in [0.25, 0.3) is 0 Å². The summed E-state index contributed by atoms with van der Waals surface area (Å²) >= 11 is 12.1. The monoisotopic (exact) mass is 395 g/mol. The SMILES string of the molecule is CCOc1cc([C@@H](O)Cc2c(Cl)c[nH+]cc2Cl)ccc1OC(F)F.[OH-]. The van der Waals surface area contributed by atoms with Crippen LogP contribution in [-0.2, 0) is 6.42 Å². The van der Waals surface area contributed by atoms with E-state index >= 15 is 0 Å². The first-order chi connectivity index (χ1) is 11.4. The highest BCUT2D eigenvalue weighted by atomic mass is 35.5. The number of hydrogen-bond donors (Lipinski definition) is 1. The molecule has 0 saturated carbocycles. The van der Waals surface area contributed by atoms with Crippen molar-refractivity contribution < 1.29 is 33.8 Å². The summed E-state index contributed by atoms with van der Waals surface area (Å²) in [6.07, 6.45) is 2.33. The van der Waals surface area contributed by atoms with Gasteiger partial charge < -0.3 is 20.1 Å². The lowest BCUT2D eigenvalue weighted by atomic mass is 10.0. The summed E-state index contributed by atoms with van der Waals surface area (Å²) in [4.78, 5) is 2.78. The maximum absolute atomic E-state index is 12.4. The Morgan fingerprint density at radius 1 is 1.16 bits per heavy atom. The van der Waals surface area contributed by atoms with Gasteiger partial charge in [-0.05, 0) is 24.6 Å². The number of aliphatic hydroxyl groups is 1. The standard InChI is InChI=1S/C16H15Cl2F2NO3.H2O/c1-2-23-15-5-9(3-4-14(15)24-16(19)20)13(22)6-10-11(17)7-21-8-12(10)18;/h3-5,7-8,13,16,22H,2,6H2,1H3;1H2/t13-;/m0./s1. The molecule has 0 amide bonds. The first kappa shape index (κ1) is 21.4. The number of ether oxygens (including phenoxy) is 2. The number of nitrogens with one attached hydrogen (secondary N) is 1. The van der Waals surface area contributed by atoms with Crippen LogP contribution in [0.5, 0.6) is 11.5 Å². The van der Waals surface area contributed by atoms with Crippen molar-refractivity contribution >= 4 is 23.2 Å².